The van der Waals surface area contributed by atoms with Crippen molar-refractivity contribution in [2.75, 3.05) is 13.1 Å². The van der Waals surface area contributed by atoms with Crippen LogP contribution in [-0.4, -0.2) is 17.4 Å². The lowest BCUT2D eigenvalue weighted by Crippen LogP contribution is -2.07. The van der Waals surface area contributed by atoms with Gasteiger partial charge in [-0.3, -0.25) is 0 Å². The van der Waals surface area contributed by atoms with Gasteiger partial charge in [0.2, 0.25) is 0 Å². The van der Waals surface area contributed by atoms with Gasteiger partial charge in [-0.2, -0.15) is 0 Å². The molecule has 2 heterocycles. The Labute approximate surface area is 95.8 Å². The van der Waals surface area contributed by atoms with Crippen LogP contribution < -0.4 is 0 Å². The van der Waals surface area contributed by atoms with Crippen molar-refractivity contribution >= 4 is 39.2 Å². The molecule has 72 valence electrons. The normalized spacial score (nSPS) is 18.3. The number of thiophene rings is 1. The standard InChI is InChI=1S/C9H12BrNS2/c1-7-6-8(12-9(7)10)13-11-4-2-3-5-11/h6H,2-5H2,1H3. The second-order valence-corrected chi connectivity index (χ2v) is 7.02. The average molecular weight is 278 g/mol. The molecule has 1 aliphatic heterocycles. The summed E-state index contributed by atoms with van der Waals surface area (Å²) < 4.78 is 5.14. The maximum absolute atomic E-state index is 3.55. The molecule has 2 rings (SSSR count). The van der Waals surface area contributed by atoms with Crippen molar-refractivity contribution in [2.24, 2.45) is 0 Å². The molecule has 0 unspecified atom stereocenters. The minimum Gasteiger partial charge on any atom is -0.246 e. The molecule has 0 aromatic carbocycles. The number of hydrogen-bond acceptors (Lipinski definition) is 3. The molecule has 0 spiro atoms. The molecule has 1 fully saturated rings. The van der Waals surface area contributed by atoms with E-state index in [2.05, 4.69) is 33.2 Å². The summed E-state index contributed by atoms with van der Waals surface area (Å²) in [7, 11) is 0. The fraction of sp³-hybridized carbons (Fsp3) is 0.556. The predicted octanol–water partition coefficient (Wildman–Crippen LogP) is 3.92. The van der Waals surface area contributed by atoms with Gasteiger partial charge < -0.3 is 0 Å². The van der Waals surface area contributed by atoms with Crippen molar-refractivity contribution in [3.8, 4) is 0 Å². The Balaban J connectivity index is 2.00. The Morgan fingerprint density at radius 1 is 1.46 bits per heavy atom. The van der Waals surface area contributed by atoms with Crippen LogP contribution in [0.4, 0.5) is 0 Å². The van der Waals surface area contributed by atoms with Gasteiger partial charge in [0.15, 0.2) is 0 Å². The maximum atomic E-state index is 3.55. The first kappa shape index (κ1) is 10.0. The highest BCUT2D eigenvalue weighted by Gasteiger charge is 2.14. The number of aryl methyl sites for hydroxylation is 1. The molecule has 0 aliphatic carbocycles. The Morgan fingerprint density at radius 3 is 2.69 bits per heavy atom. The van der Waals surface area contributed by atoms with E-state index < -0.39 is 0 Å². The zero-order valence-electron chi connectivity index (χ0n) is 7.55. The Kier molecular flexibility index (Phi) is 3.35. The van der Waals surface area contributed by atoms with E-state index >= 15 is 0 Å². The summed E-state index contributed by atoms with van der Waals surface area (Å²) in [4.78, 5) is 0. The summed E-state index contributed by atoms with van der Waals surface area (Å²) in [6, 6.07) is 2.26. The first-order valence-corrected chi connectivity index (χ1v) is 6.83. The van der Waals surface area contributed by atoms with Gasteiger partial charge in [0.05, 0.1) is 8.00 Å². The van der Waals surface area contributed by atoms with E-state index in [9.17, 15) is 0 Å². The van der Waals surface area contributed by atoms with Gasteiger partial charge in [-0.1, -0.05) is 0 Å². The Bertz CT molecular complexity index is 272. The van der Waals surface area contributed by atoms with Crippen molar-refractivity contribution in [3.05, 3.63) is 15.4 Å². The molecular weight excluding hydrogens is 266 g/mol. The molecule has 0 atom stereocenters. The highest BCUT2D eigenvalue weighted by Crippen LogP contribution is 2.36. The SMILES string of the molecule is Cc1cc(SN2CCCC2)sc1Br. The van der Waals surface area contributed by atoms with Gasteiger partial charge in [0.1, 0.15) is 0 Å². The van der Waals surface area contributed by atoms with Crippen LogP contribution in [-0.2, 0) is 0 Å². The molecule has 0 radical (unpaired) electrons. The van der Waals surface area contributed by atoms with Gasteiger partial charge in [-0.05, 0) is 59.3 Å². The van der Waals surface area contributed by atoms with Crippen molar-refractivity contribution in [1.82, 2.24) is 4.31 Å². The fourth-order valence-corrected chi connectivity index (χ4v) is 4.61. The second-order valence-electron chi connectivity index (χ2n) is 3.25. The Morgan fingerprint density at radius 2 is 2.15 bits per heavy atom. The molecule has 0 bridgehead atoms. The van der Waals surface area contributed by atoms with Gasteiger partial charge >= 0.3 is 0 Å². The lowest BCUT2D eigenvalue weighted by molar-refractivity contribution is 0.587. The minimum absolute atomic E-state index is 1.25. The molecular formula is C9H12BrNS2. The molecule has 13 heavy (non-hydrogen) atoms. The quantitative estimate of drug-likeness (QED) is 0.754. The largest absolute Gasteiger partial charge is 0.246 e. The van der Waals surface area contributed by atoms with Crippen molar-refractivity contribution < 1.29 is 0 Å². The average Bonchev–Trinajstić information content (AvgIpc) is 2.64. The summed E-state index contributed by atoms with van der Waals surface area (Å²) in [5, 5.41) is 0. The van der Waals surface area contributed by atoms with Crippen molar-refractivity contribution in [1.29, 1.82) is 0 Å². The highest BCUT2D eigenvalue weighted by molar-refractivity contribution is 9.11. The Hall–Kier alpha value is 0.490. The first-order chi connectivity index (χ1) is 6.25. The first-order valence-electron chi connectivity index (χ1n) is 4.44. The second kappa shape index (κ2) is 4.34. The third-order valence-corrected chi connectivity index (χ3v) is 5.44. The summed E-state index contributed by atoms with van der Waals surface area (Å²) in [5.74, 6) is 0. The third kappa shape index (κ3) is 2.49. The van der Waals surface area contributed by atoms with E-state index in [0.717, 1.165) is 0 Å². The molecule has 1 nitrogen and oxygen atoms in total. The molecule has 0 N–H and O–H groups in total. The van der Waals surface area contributed by atoms with Crippen LogP contribution in [0, 0.1) is 6.92 Å². The van der Waals surface area contributed by atoms with E-state index in [0.29, 0.717) is 0 Å². The van der Waals surface area contributed by atoms with Gasteiger partial charge in [0.25, 0.3) is 0 Å². The van der Waals surface area contributed by atoms with E-state index in [1.165, 1.54) is 39.5 Å². The van der Waals surface area contributed by atoms with Crippen LogP contribution >= 0.6 is 39.2 Å². The van der Waals surface area contributed by atoms with Crippen molar-refractivity contribution in [3.63, 3.8) is 0 Å². The molecule has 1 aromatic heterocycles. The lowest BCUT2D eigenvalue weighted by Gasteiger charge is -2.10. The zero-order chi connectivity index (χ0) is 9.26. The zero-order valence-corrected chi connectivity index (χ0v) is 10.8. The third-order valence-electron chi connectivity index (χ3n) is 2.12. The number of nitrogens with zero attached hydrogens (tertiary/aromatic N) is 1. The minimum atomic E-state index is 1.25. The molecule has 1 saturated heterocycles. The van der Waals surface area contributed by atoms with Crippen LogP contribution in [0.25, 0.3) is 0 Å². The molecule has 0 saturated carbocycles. The van der Waals surface area contributed by atoms with E-state index in [-0.39, 0.29) is 0 Å². The van der Waals surface area contributed by atoms with Crippen LogP contribution in [0.15, 0.2) is 14.1 Å². The highest BCUT2D eigenvalue weighted by atomic mass is 79.9. The van der Waals surface area contributed by atoms with E-state index in [1.54, 1.807) is 0 Å². The van der Waals surface area contributed by atoms with Gasteiger partial charge in [0, 0.05) is 13.1 Å². The van der Waals surface area contributed by atoms with Crippen molar-refractivity contribution in [2.45, 2.75) is 24.0 Å². The monoisotopic (exact) mass is 277 g/mol. The van der Waals surface area contributed by atoms with E-state index in [1.807, 2.05) is 23.3 Å². The molecule has 1 aliphatic rings. The van der Waals surface area contributed by atoms with E-state index in [4.69, 9.17) is 0 Å². The summed E-state index contributed by atoms with van der Waals surface area (Å²) in [6.07, 6.45) is 2.72. The van der Waals surface area contributed by atoms with Crippen LogP contribution in [0.5, 0.6) is 0 Å². The van der Waals surface area contributed by atoms with Crippen LogP contribution in [0.3, 0.4) is 0 Å². The fourth-order valence-electron chi connectivity index (χ4n) is 1.38. The lowest BCUT2D eigenvalue weighted by atomic mass is 10.4. The maximum Gasteiger partial charge on any atom is 0.0768 e. The summed E-state index contributed by atoms with van der Waals surface area (Å²) in [5.41, 5.74) is 1.35. The molecule has 0 amide bonds. The van der Waals surface area contributed by atoms with Gasteiger partial charge in [-0.15, -0.1) is 11.3 Å². The van der Waals surface area contributed by atoms with Crippen LogP contribution in [0.2, 0.25) is 0 Å². The predicted molar refractivity (Wildman–Crippen MR) is 63.4 cm³/mol. The number of rotatable bonds is 2. The number of hydrogen-bond donors (Lipinski definition) is 0. The van der Waals surface area contributed by atoms with Crippen LogP contribution in [0.1, 0.15) is 18.4 Å². The van der Waals surface area contributed by atoms with Gasteiger partial charge in [-0.25, -0.2) is 4.31 Å². The smallest absolute Gasteiger partial charge is 0.0768 e. The molecule has 4 heteroatoms. The number of halogens is 1. The molecule has 1 aromatic rings. The summed E-state index contributed by atoms with van der Waals surface area (Å²) >= 11 is 7.30. The summed E-state index contributed by atoms with van der Waals surface area (Å²) in [6.45, 7) is 4.65. The topological polar surface area (TPSA) is 3.24 Å².